The zero-order chi connectivity index (χ0) is 13.8. The SMILES string of the molecule is COC(=O)NC1=NCC(c2ccc(F)cc2F)CN1. The molecule has 0 bridgehead atoms. The molecule has 0 saturated heterocycles. The van der Waals surface area contributed by atoms with E-state index >= 15 is 0 Å². The van der Waals surface area contributed by atoms with Crippen molar-refractivity contribution in [1.82, 2.24) is 10.6 Å². The molecule has 1 atom stereocenters. The zero-order valence-corrected chi connectivity index (χ0v) is 10.2. The van der Waals surface area contributed by atoms with E-state index in [2.05, 4.69) is 20.4 Å². The van der Waals surface area contributed by atoms with Gasteiger partial charge in [0.05, 0.1) is 13.7 Å². The highest BCUT2D eigenvalue weighted by molar-refractivity contribution is 5.94. The predicted molar refractivity (Wildman–Crippen MR) is 64.9 cm³/mol. The Balaban J connectivity index is 2.04. The van der Waals surface area contributed by atoms with Crippen LogP contribution in [-0.4, -0.2) is 32.3 Å². The minimum atomic E-state index is -0.627. The molecule has 1 amide bonds. The second-order valence-corrected chi connectivity index (χ2v) is 4.05. The van der Waals surface area contributed by atoms with Crippen LogP contribution in [0.1, 0.15) is 11.5 Å². The minimum Gasteiger partial charge on any atom is -0.453 e. The zero-order valence-electron chi connectivity index (χ0n) is 10.2. The maximum Gasteiger partial charge on any atom is 0.413 e. The van der Waals surface area contributed by atoms with Gasteiger partial charge in [-0.2, -0.15) is 0 Å². The van der Waals surface area contributed by atoms with Gasteiger partial charge in [-0.05, 0) is 11.6 Å². The summed E-state index contributed by atoms with van der Waals surface area (Å²) in [6.45, 7) is 0.695. The molecule has 0 spiro atoms. The summed E-state index contributed by atoms with van der Waals surface area (Å²) in [7, 11) is 1.25. The molecule has 0 saturated carbocycles. The Morgan fingerprint density at radius 2 is 2.32 bits per heavy atom. The summed E-state index contributed by atoms with van der Waals surface area (Å²) in [6, 6.07) is 3.47. The molecule has 0 aliphatic carbocycles. The molecule has 0 radical (unpaired) electrons. The molecule has 19 heavy (non-hydrogen) atoms. The van der Waals surface area contributed by atoms with Gasteiger partial charge in [0.1, 0.15) is 11.6 Å². The van der Waals surface area contributed by atoms with Gasteiger partial charge in [-0.3, -0.25) is 10.3 Å². The molecule has 102 valence electrons. The number of benzene rings is 1. The van der Waals surface area contributed by atoms with Crippen molar-refractivity contribution in [2.45, 2.75) is 5.92 Å². The Labute approximate surface area is 108 Å². The number of ether oxygens (including phenoxy) is 1. The van der Waals surface area contributed by atoms with E-state index in [0.29, 0.717) is 18.7 Å². The van der Waals surface area contributed by atoms with Crippen LogP contribution < -0.4 is 10.6 Å². The number of amides is 1. The maximum absolute atomic E-state index is 13.6. The Morgan fingerprint density at radius 1 is 1.53 bits per heavy atom. The highest BCUT2D eigenvalue weighted by atomic mass is 19.1. The lowest BCUT2D eigenvalue weighted by molar-refractivity contribution is 0.176. The van der Waals surface area contributed by atoms with E-state index in [1.165, 1.54) is 19.2 Å². The number of carbonyl (C=O) groups is 1. The van der Waals surface area contributed by atoms with Gasteiger partial charge < -0.3 is 10.1 Å². The molecule has 1 aliphatic heterocycles. The highest BCUT2D eigenvalue weighted by Gasteiger charge is 2.21. The second-order valence-electron chi connectivity index (χ2n) is 4.05. The maximum atomic E-state index is 13.6. The number of hydrogen-bond donors (Lipinski definition) is 2. The summed E-state index contributed by atoms with van der Waals surface area (Å²) < 4.78 is 30.8. The summed E-state index contributed by atoms with van der Waals surface area (Å²) in [5, 5.41) is 5.24. The van der Waals surface area contributed by atoms with Crippen molar-refractivity contribution >= 4 is 12.1 Å². The second kappa shape index (κ2) is 5.64. The van der Waals surface area contributed by atoms with E-state index in [0.717, 1.165) is 6.07 Å². The number of nitrogens with zero attached hydrogens (tertiary/aromatic N) is 1. The quantitative estimate of drug-likeness (QED) is 0.809. The number of guanidine groups is 1. The van der Waals surface area contributed by atoms with Crippen molar-refractivity contribution < 1.29 is 18.3 Å². The normalized spacial score (nSPS) is 18.3. The molecule has 1 aromatic rings. The van der Waals surface area contributed by atoms with Gasteiger partial charge in [-0.15, -0.1) is 0 Å². The third-order valence-corrected chi connectivity index (χ3v) is 2.79. The van der Waals surface area contributed by atoms with Crippen molar-refractivity contribution in [3.05, 3.63) is 35.4 Å². The topological polar surface area (TPSA) is 62.7 Å². The minimum absolute atomic E-state index is 0.205. The van der Waals surface area contributed by atoms with Gasteiger partial charge in [0.15, 0.2) is 0 Å². The molecule has 1 aromatic carbocycles. The van der Waals surface area contributed by atoms with Crippen molar-refractivity contribution in [1.29, 1.82) is 0 Å². The first-order valence-corrected chi connectivity index (χ1v) is 5.68. The highest BCUT2D eigenvalue weighted by Crippen LogP contribution is 2.21. The molecule has 1 aliphatic rings. The van der Waals surface area contributed by atoms with Crippen LogP contribution in [0.25, 0.3) is 0 Å². The largest absolute Gasteiger partial charge is 0.453 e. The number of alkyl carbamates (subject to hydrolysis) is 1. The number of carbonyl (C=O) groups excluding carboxylic acids is 1. The molecule has 1 heterocycles. The fourth-order valence-electron chi connectivity index (χ4n) is 1.81. The Bertz CT molecular complexity index is 520. The smallest absolute Gasteiger partial charge is 0.413 e. The molecule has 0 aromatic heterocycles. The summed E-state index contributed by atoms with van der Waals surface area (Å²) in [6.07, 6.45) is -0.627. The summed E-state index contributed by atoms with van der Waals surface area (Å²) in [5.74, 6) is -1.12. The summed E-state index contributed by atoms with van der Waals surface area (Å²) in [5.41, 5.74) is 0.398. The van der Waals surface area contributed by atoms with Gasteiger partial charge in [0, 0.05) is 18.5 Å². The molecule has 2 rings (SSSR count). The fraction of sp³-hybridized carbons (Fsp3) is 0.333. The first kappa shape index (κ1) is 13.3. The molecular weight excluding hydrogens is 256 g/mol. The third-order valence-electron chi connectivity index (χ3n) is 2.79. The third kappa shape index (κ3) is 3.18. The van der Waals surface area contributed by atoms with Gasteiger partial charge in [-0.1, -0.05) is 6.07 Å². The van der Waals surface area contributed by atoms with E-state index in [1.807, 2.05) is 0 Å². The summed E-state index contributed by atoms with van der Waals surface area (Å²) in [4.78, 5) is 15.0. The van der Waals surface area contributed by atoms with Gasteiger partial charge in [0.25, 0.3) is 0 Å². The van der Waals surface area contributed by atoms with Gasteiger partial charge >= 0.3 is 6.09 Å². The lowest BCUT2D eigenvalue weighted by atomic mass is 9.97. The Morgan fingerprint density at radius 3 is 2.89 bits per heavy atom. The van der Waals surface area contributed by atoms with Crippen LogP contribution in [0.2, 0.25) is 0 Å². The van der Waals surface area contributed by atoms with Gasteiger partial charge in [0.2, 0.25) is 5.96 Å². The average molecular weight is 269 g/mol. The Kier molecular flexibility index (Phi) is 3.94. The van der Waals surface area contributed by atoms with E-state index in [-0.39, 0.29) is 11.9 Å². The first-order valence-electron chi connectivity index (χ1n) is 5.68. The van der Waals surface area contributed by atoms with Crippen LogP contribution in [0.4, 0.5) is 13.6 Å². The van der Waals surface area contributed by atoms with E-state index < -0.39 is 17.7 Å². The van der Waals surface area contributed by atoms with Crippen molar-refractivity contribution in [2.75, 3.05) is 20.2 Å². The summed E-state index contributed by atoms with van der Waals surface area (Å²) >= 11 is 0. The van der Waals surface area contributed by atoms with E-state index in [4.69, 9.17) is 0 Å². The fourth-order valence-corrected chi connectivity index (χ4v) is 1.81. The van der Waals surface area contributed by atoms with Crippen LogP contribution in [0.3, 0.4) is 0 Å². The van der Waals surface area contributed by atoms with E-state index in [1.54, 1.807) is 0 Å². The van der Waals surface area contributed by atoms with Crippen molar-refractivity contribution in [3.63, 3.8) is 0 Å². The molecular formula is C12H13F2N3O2. The standard InChI is InChI=1S/C12H13F2N3O2/c1-19-12(18)17-11-15-5-7(6-16-11)9-3-2-8(13)4-10(9)14/h2-4,7H,5-6H2,1H3,(H2,15,16,17,18). The van der Waals surface area contributed by atoms with Crippen LogP contribution in [0, 0.1) is 11.6 Å². The number of methoxy groups -OCH3 is 1. The number of nitrogens with one attached hydrogen (secondary N) is 2. The first-order chi connectivity index (χ1) is 9.10. The van der Waals surface area contributed by atoms with Crippen LogP contribution in [-0.2, 0) is 4.74 Å². The number of aliphatic imine (C=N–C) groups is 1. The van der Waals surface area contributed by atoms with Crippen LogP contribution in [0.5, 0.6) is 0 Å². The molecule has 0 fully saturated rings. The van der Waals surface area contributed by atoms with Crippen LogP contribution >= 0.6 is 0 Å². The van der Waals surface area contributed by atoms with Crippen LogP contribution in [0.15, 0.2) is 23.2 Å². The van der Waals surface area contributed by atoms with Crippen molar-refractivity contribution in [3.8, 4) is 0 Å². The monoisotopic (exact) mass is 269 g/mol. The molecule has 7 heteroatoms. The molecule has 5 nitrogen and oxygen atoms in total. The lowest BCUT2D eigenvalue weighted by Gasteiger charge is -2.23. The number of hydrogen-bond acceptors (Lipinski definition) is 4. The predicted octanol–water partition coefficient (Wildman–Crippen LogP) is 1.36. The lowest BCUT2D eigenvalue weighted by Crippen LogP contribution is -2.45. The average Bonchev–Trinajstić information content (AvgIpc) is 2.40. The number of halogens is 2. The van der Waals surface area contributed by atoms with Crippen molar-refractivity contribution in [2.24, 2.45) is 4.99 Å². The molecule has 1 unspecified atom stereocenters. The number of rotatable bonds is 1. The van der Waals surface area contributed by atoms with Gasteiger partial charge in [-0.25, -0.2) is 13.6 Å². The molecule has 2 N–H and O–H groups in total. The van der Waals surface area contributed by atoms with E-state index in [9.17, 15) is 13.6 Å². The Hall–Kier alpha value is -2.18.